The number of rotatable bonds is 4. The highest BCUT2D eigenvalue weighted by Crippen LogP contribution is 2.35. The molecule has 1 aliphatic rings. The molecule has 8 heteroatoms. The number of aromatic nitrogens is 1. The van der Waals surface area contributed by atoms with Crippen LogP contribution in [0.2, 0.25) is 0 Å². The third kappa shape index (κ3) is 3.54. The van der Waals surface area contributed by atoms with E-state index >= 15 is 0 Å². The number of aromatic amines is 1. The highest BCUT2D eigenvalue weighted by atomic mass is 32.2. The van der Waals surface area contributed by atoms with E-state index in [4.69, 9.17) is 4.74 Å². The van der Waals surface area contributed by atoms with Crippen LogP contribution in [-0.4, -0.2) is 43.9 Å². The van der Waals surface area contributed by atoms with Crippen molar-refractivity contribution in [2.75, 3.05) is 20.2 Å². The number of fused-ring (bicyclic) bond motifs is 1. The van der Waals surface area contributed by atoms with Crippen molar-refractivity contribution >= 4 is 26.9 Å². The first-order valence-electron chi connectivity index (χ1n) is 9.36. The number of methoxy groups -OCH3 is 1. The Kier molecular flexibility index (Phi) is 5.14. The fourth-order valence-corrected chi connectivity index (χ4v) is 5.62. The van der Waals surface area contributed by atoms with Gasteiger partial charge in [-0.1, -0.05) is 12.1 Å². The number of halogens is 1. The van der Waals surface area contributed by atoms with E-state index in [1.165, 1.54) is 35.7 Å². The number of piperidine rings is 1. The van der Waals surface area contributed by atoms with Crippen molar-refractivity contribution in [3.63, 3.8) is 0 Å². The zero-order valence-electron chi connectivity index (χ0n) is 15.9. The van der Waals surface area contributed by atoms with E-state index in [2.05, 4.69) is 4.98 Å². The number of nitrogens with one attached hydrogen (secondary N) is 1. The minimum atomic E-state index is -3.82. The maximum Gasteiger partial charge on any atom is 0.339 e. The zero-order valence-corrected chi connectivity index (χ0v) is 16.7. The predicted molar refractivity (Wildman–Crippen MR) is 107 cm³/mol. The van der Waals surface area contributed by atoms with Crippen LogP contribution < -0.4 is 0 Å². The van der Waals surface area contributed by atoms with Gasteiger partial charge in [0.15, 0.2) is 0 Å². The van der Waals surface area contributed by atoms with Crippen molar-refractivity contribution in [2.24, 2.45) is 0 Å². The molecule has 1 aliphatic heterocycles. The van der Waals surface area contributed by atoms with E-state index in [-0.39, 0.29) is 22.2 Å². The lowest BCUT2D eigenvalue weighted by atomic mass is 9.90. The van der Waals surface area contributed by atoms with Gasteiger partial charge in [-0.3, -0.25) is 0 Å². The molecule has 1 saturated heterocycles. The number of nitrogens with zero attached hydrogens (tertiary/aromatic N) is 1. The van der Waals surface area contributed by atoms with Gasteiger partial charge >= 0.3 is 5.97 Å². The average molecular weight is 416 g/mol. The van der Waals surface area contributed by atoms with E-state index < -0.39 is 16.0 Å². The molecule has 0 radical (unpaired) electrons. The van der Waals surface area contributed by atoms with Crippen molar-refractivity contribution in [1.29, 1.82) is 0 Å². The third-order valence-corrected chi connectivity index (χ3v) is 7.44. The van der Waals surface area contributed by atoms with Gasteiger partial charge in [0, 0.05) is 30.2 Å². The lowest BCUT2D eigenvalue weighted by Crippen LogP contribution is -2.38. The molecule has 0 amide bonds. The van der Waals surface area contributed by atoms with E-state index in [9.17, 15) is 17.6 Å². The number of benzene rings is 2. The van der Waals surface area contributed by atoms with Crippen molar-refractivity contribution in [1.82, 2.24) is 9.29 Å². The predicted octanol–water partition coefficient (Wildman–Crippen LogP) is 3.66. The topological polar surface area (TPSA) is 79.5 Å². The summed E-state index contributed by atoms with van der Waals surface area (Å²) in [4.78, 5) is 15.1. The molecule has 0 atom stereocenters. The quantitative estimate of drug-likeness (QED) is 0.659. The smallest absolute Gasteiger partial charge is 0.339 e. The standard InChI is InChI=1S/C21H21FN2O4S/c1-28-21(25)16-4-2-3-5-20(16)29(26,27)24-10-8-14(9-11-24)18-13-23-19-7-6-15(22)12-17(18)19/h2-7,12-14,23H,8-11H2,1H3. The number of sulfonamides is 1. The second-order valence-corrected chi connectivity index (χ2v) is 9.01. The van der Waals surface area contributed by atoms with Crippen LogP contribution in [-0.2, 0) is 14.8 Å². The second kappa shape index (κ2) is 7.61. The fourth-order valence-electron chi connectivity index (χ4n) is 3.97. The SMILES string of the molecule is COC(=O)c1ccccc1S(=O)(=O)N1CCC(c2c[nH]c3ccc(F)cc23)CC1. The van der Waals surface area contributed by atoms with Crippen LogP contribution in [0.25, 0.3) is 10.9 Å². The molecule has 1 aromatic heterocycles. The van der Waals surface area contributed by atoms with Crippen LogP contribution in [0.5, 0.6) is 0 Å². The Balaban J connectivity index is 1.57. The maximum absolute atomic E-state index is 13.7. The van der Waals surface area contributed by atoms with Crippen LogP contribution in [0.15, 0.2) is 53.6 Å². The molecular weight excluding hydrogens is 395 g/mol. The first-order valence-corrected chi connectivity index (χ1v) is 10.8. The third-order valence-electron chi connectivity index (χ3n) is 5.48. The summed E-state index contributed by atoms with van der Waals surface area (Å²) in [6.07, 6.45) is 3.11. The molecule has 152 valence electrons. The van der Waals surface area contributed by atoms with Crippen LogP contribution in [0.4, 0.5) is 4.39 Å². The molecule has 0 bridgehead atoms. The average Bonchev–Trinajstić information content (AvgIpc) is 3.16. The van der Waals surface area contributed by atoms with Crippen LogP contribution in [0, 0.1) is 5.82 Å². The lowest BCUT2D eigenvalue weighted by Gasteiger charge is -2.31. The Morgan fingerprint density at radius 2 is 1.90 bits per heavy atom. The van der Waals surface area contributed by atoms with Gasteiger partial charge in [-0.15, -0.1) is 0 Å². The van der Waals surface area contributed by atoms with Crippen LogP contribution >= 0.6 is 0 Å². The van der Waals surface area contributed by atoms with Gasteiger partial charge in [0.2, 0.25) is 10.0 Å². The molecule has 4 rings (SSSR count). The monoisotopic (exact) mass is 416 g/mol. The number of carbonyl (C=O) groups excluding carboxylic acids is 1. The second-order valence-electron chi connectivity index (χ2n) is 7.10. The number of hydrogen-bond acceptors (Lipinski definition) is 4. The summed E-state index contributed by atoms with van der Waals surface area (Å²) in [5.74, 6) is -0.842. The van der Waals surface area contributed by atoms with Gasteiger partial charge in [0.25, 0.3) is 0 Å². The Hall–Kier alpha value is -2.71. The number of hydrogen-bond donors (Lipinski definition) is 1. The van der Waals surface area contributed by atoms with Gasteiger partial charge in [0.05, 0.1) is 17.6 Å². The van der Waals surface area contributed by atoms with Gasteiger partial charge in [0.1, 0.15) is 5.82 Å². The van der Waals surface area contributed by atoms with Crippen LogP contribution in [0.3, 0.4) is 0 Å². The Bertz CT molecular complexity index is 1160. The molecule has 2 heterocycles. The lowest BCUT2D eigenvalue weighted by molar-refractivity contribution is 0.0596. The van der Waals surface area contributed by atoms with Crippen LogP contribution in [0.1, 0.15) is 34.7 Å². The molecule has 1 fully saturated rings. The number of esters is 1. The summed E-state index contributed by atoms with van der Waals surface area (Å²) in [6, 6.07) is 10.7. The molecule has 0 unspecified atom stereocenters. The number of carbonyl (C=O) groups is 1. The summed E-state index contributed by atoms with van der Waals surface area (Å²) in [5.41, 5.74) is 1.90. The minimum Gasteiger partial charge on any atom is -0.465 e. The summed E-state index contributed by atoms with van der Waals surface area (Å²) in [6.45, 7) is 0.648. The highest BCUT2D eigenvalue weighted by Gasteiger charge is 2.33. The highest BCUT2D eigenvalue weighted by molar-refractivity contribution is 7.89. The largest absolute Gasteiger partial charge is 0.465 e. The van der Waals surface area contributed by atoms with E-state index in [0.717, 1.165) is 16.5 Å². The molecule has 3 aromatic rings. The summed E-state index contributed by atoms with van der Waals surface area (Å²) in [5, 5.41) is 0.836. The maximum atomic E-state index is 13.7. The van der Waals surface area contributed by atoms with E-state index in [1.807, 2.05) is 6.20 Å². The summed E-state index contributed by atoms with van der Waals surface area (Å²) < 4.78 is 46.1. The molecule has 0 aliphatic carbocycles. The zero-order chi connectivity index (χ0) is 20.6. The van der Waals surface area contributed by atoms with Crippen molar-refractivity contribution < 1.29 is 22.3 Å². The molecule has 29 heavy (non-hydrogen) atoms. The first-order chi connectivity index (χ1) is 13.9. The van der Waals surface area contributed by atoms with E-state index in [0.29, 0.717) is 25.9 Å². The van der Waals surface area contributed by atoms with Crippen molar-refractivity contribution in [3.8, 4) is 0 Å². The summed E-state index contributed by atoms with van der Waals surface area (Å²) in [7, 11) is -2.60. The first kappa shape index (κ1) is 19.6. The van der Waals surface area contributed by atoms with Crippen molar-refractivity contribution in [2.45, 2.75) is 23.7 Å². The fraction of sp³-hybridized carbons (Fsp3) is 0.286. The molecular formula is C21H21FN2O4S. The summed E-state index contributed by atoms with van der Waals surface area (Å²) >= 11 is 0. The van der Waals surface area contributed by atoms with Gasteiger partial charge in [-0.2, -0.15) is 4.31 Å². The normalized spacial score (nSPS) is 16.2. The number of ether oxygens (including phenoxy) is 1. The molecule has 1 N–H and O–H groups in total. The van der Waals surface area contributed by atoms with E-state index in [1.54, 1.807) is 18.2 Å². The minimum absolute atomic E-state index is 0.0317. The molecule has 0 saturated carbocycles. The molecule has 2 aromatic carbocycles. The number of H-pyrrole nitrogens is 1. The Labute approximate surface area is 168 Å². The molecule has 0 spiro atoms. The van der Waals surface area contributed by atoms with Gasteiger partial charge in [-0.05, 0) is 54.7 Å². The Morgan fingerprint density at radius 1 is 1.17 bits per heavy atom. The van der Waals surface area contributed by atoms with Gasteiger partial charge < -0.3 is 9.72 Å². The van der Waals surface area contributed by atoms with Crippen molar-refractivity contribution in [3.05, 3.63) is 65.6 Å². The molecule has 6 nitrogen and oxygen atoms in total. The Morgan fingerprint density at radius 3 is 2.62 bits per heavy atom. The van der Waals surface area contributed by atoms with Gasteiger partial charge in [-0.25, -0.2) is 17.6 Å².